The van der Waals surface area contributed by atoms with Gasteiger partial charge in [0, 0.05) is 5.69 Å². The number of methoxy groups -OCH3 is 1. The van der Waals surface area contributed by atoms with Crippen LogP contribution in [0.25, 0.3) is 0 Å². The van der Waals surface area contributed by atoms with Gasteiger partial charge in [-0.25, -0.2) is 0 Å². The monoisotopic (exact) mass is 323 g/mol. The zero-order chi connectivity index (χ0) is 15.4. The number of esters is 1. The molecule has 5 heteroatoms. The Morgan fingerprint density at radius 1 is 1.10 bits per heavy atom. The third kappa shape index (κ3) is 3.49. The van der Waals surface area contributed by atoms with Crippen molar-refractivity contribution < 1.29 is 9.53 Å². The van der Waals surface area contributed by atoms with Crippen LogP contribution in [0.2, 0.25) is 10.0 Å². The molecule has 2 aromatic rings. The zero-order valence-electron chi connectivity index (χ0n) is 11.7. The molecule has 0 aliphatic rings. The molecule has 0 aliphatic heterocycles. The summed E-state index contributed by atoms with van der Waals surface area (Å²) in [5.41, 5.74) is 2.20. The van der Waals surface area contributed by atoms with Crippen molar-refractivity contribution in [2.24, 2.45) is 0 Å². The fourth-order valence-electron chi connectivity index (χ4n) is 2.04. The van der Waals surface area contributed by atoms with Crippen LogP contribution in [0.15, 0.2) is 42.5 Å². The van der Waals surface area contributed by atoms with E-state index in [0.29, 0.717) is 15.7 Å². The first kappa shape index (κ1) is 15.7. The summed E-state index contributed by atoms with van der Waals surface area (Å²) < 4.78 is 4.80. The number of carbonyl (C=O) groups is 1. The van der Waals surface area contributed by atoms with Gasteiger partial charge in [-0.05, 0) is 30.7 Å². The molecule has 2 rings (SSSR count). The molecular weight excluding hydrogens is 309 g/mol. The molecule has 0 radical (unpaired) electrons. The van der Waals surface area contributed by atoms with E-state index in [0.717, 1.165) is 11.3 Å². The van der Waals surface area contributed by atoms with Crippen LogP contribution in [-0.4, -0.2) is 13.1 Å². The third-order valence-corrected chi connectivity index (χ3v) is 3.83. The SMILES string of the molecule is COC(=O)C(C)c1ccccc1Nc1c(Cl)cccc1Cl. The van der Waals surface area contributed by atoms with Gasteiger partial charge in [0.25, 0.3) is 0 Å². The second kappa shape index (κ2) is 6.83. The molecule has 0 amide bonds. The normalized spacial score (nSPS) is 11.8. The second-order valence-corrected chi connectivity index (χ2v) is 5.37. The van der Waals surface area contributed by atoms with Gasteiger partial charge in [0.15, 0.2) is 0 Å². The summed E-state index contributed by atoms with van der Waals surface area (Å²) in [7, 11) is 1.37. The number of nitrogens with one attached hydrogen (secondary N) is 1. The fraction of sp³-hybridized carbons (Fsp3) is 0.188. The van der Waals surface area contributed by atoms with E-state index in [4.69, 9.17) is 27.9 Å². The molecule has 1 atom stereocenters. The van der Waals surface area contributed by atoms with Gasteiger partial charge in [0.2, 0.25) is 0 Å². The number of ether oxygens (including phenoxy) is 1. The molecule has 0 saturated carbocycles. The lowest BCUT2D eigenvalue weighted by molar-refractivity contribution is -0.141. The predicted molar refractivity (Wildman–Crippen MR) is 86.6 cm³/mol. The number of benzene rings is 2. The van der Waals surface area contributed by atoms with E-state index in [-0.39, 0.29) is 11.9 Å². The minimum Gasteiger partial charge on any atom is -0.469 e. The van der Waals surface area contributed by atoms with Crippen LogP contribution < -0.4 is 5.32 Å². The Bertz CT molecular complexity index is 638. The van der Waals surface area contributed by atoms with Crippen LogP contribution in [0.3, 0.4) is 0 Å². The second-order valence-electron chi connectivity index (χ2n) is 4.55. The predicted octanol–water partition coefficient (Wildman–Crippen LogP) is 5.01. The lowest BCUT2D eigenvalue weighted by Crippen LogP contribution is -2.12. The Balaban J connectivity index is 2.39. The van der Waals surface area contributed by atoms with Crippen molar-refractivity contribution in [3.8, 4) is 0 Å². The summed E-state index contributed by atoms with van der Waals surface area (Å²) in [6.07, 6.45) is 0. The van der Waals surface area contributed by atoms with E-state index in [9.17, 15) is 4.79 Å². The molecule has 1 N–H and O–H groups in total. The highest BCUT2D eigenvalue weighted by molar-refractivity contribution is 6.39. The van der Waals surface area contributed by atoms with Crippen molar-refractivity contribution in [1.29, 1.82) is 0 Å². The lowest BCUT2D eigenvalue weighted by Gasteiger charge is -2.17. The van der Waals surface area contributed by atoms with Gasteiger partial charge in [0.05, 0.1) is 28.8 Å². The standard InChI is InChI=1S/C16H15Cl2NO2/c1-10(16(20)21-2)11-6-3-4-9-14(11)19-15-12(17)7-5-8-13(15)18/h3-10,19H,1-2H3. The van der Waals surface area contributed by atoms with Crippen LogP contribution in [0.1, 0.15) is 18.4 Å². The van der Waals surface area contributed by atoms with Crippen LogP contribution >= 0.6 is 23.2 Å². The van der Waals surface area contributed by atoms with Crippen molar-refractivity contribution >= 4 is 40.5 Å². The molecule has 0 aliphatic carbocycles. The Labute approximate surface area is 133 Å². The maximum Gasteiger partial charge on any atom is 0.312 e. The van der Waals surface area contributed by atoms with Gasteiger partial charge in [0.1, 0.15) is 0 Å². The van der Waals surface area contributed by atoms with Crippen LogP contribution in [-0.2, 0) is 9.53 Å². The molecule has 0 fully saturated rings. The van der Waals surface area contributed by atoms with Crippen molar-refractivity contribution in [2.75, 3.05) is 12.4 Å². The van der Waals surface area contributed by atoms with Crippen molar-refractivity contribution in [3.05, 3.63) is 58.1 Å². The summed E-state index contributed by atoms with van der Waals surface area (Å²) in [5.74, 6) is -0.686. The Kier molecular flexibility index (Phi) is 5.10. The quantitative estimate of drug-likeness (QED) is 0.803. The highest BCUT2D eigenvalue weighted by Crippen LogP contribution is 2.35. The van der Waals surface area contributed by atoms with Gasteiger partial charge in [-0.2, -0.15) is 0 Å². The fourth-order valence-corrected chi connectivity index (χ4v) is 2.54. The van der Waals surface area contributed by atoms with Crippen molar-refractivity contribution in [3.63, 3.8) is 0 Å². The maximum absolute atomic E-state index is 11.7. The first-order valence-electron chi connectivity index (χ1n) is 6.42. The number of halogens is 2. The number of hydrogen-bond donors (Lipinski definition) is 1. The molecule has 0 bridgehead atoms. The minimum absolute atomic E-state index is 0.297. The summed E-state index contributed by atoms with van der Waals surface area (Å²) in [6, 6.07) is 12.8. The van der Waals surface area contributed by atoms with Crippen molar-refractivity contribution in [2.45, 2.75) is 12.8 Å². The number of rotatable bonds is 4. The number of carbonyl (C=O) groups excluding carboxylic acids is 1. The number of anilines is 2. The summed E-state index contributed by atoms with van der Waals surface area (Å²) in [5, 5.41) is 4.23. The summed E-state index contributed by atoms with van der Waals surface area (Å²) in [6.45, 7) is 1.79. The molecule has 3 nitrogen and oxygen atoms in total. The van der Waals surface area contributed by atoms with Gasteiger partial charge >= 0.3 is 5.97 Å². The average Bonchev–Trinajstić information content (AvgIpc) is 2.50. The average molecular weight is 324 g/mol. The molecular formula is C16H15Cl2NO2. The largest absolute Gasteiger partial charge is 0.469 e. The first-order chi connectivity index (χ1) is 10.0. The highest BCUT2D eigenvalue weighted by Gasteiger charge is 2.19. The van der Waals surface area contributed by atoms with Gasteiger partial charge < -0.3 is 10.1 Å². The van der Waals surface area contributed by atoms with Crippen molar-refractivity contribution in [1.82, 2.24) is 0 Å². The molecule has 2 aromatic carbocycles. The lowest BCUT2D eigenvalue weighted by atomic mass is 9.99. The molecule has 21 heavy (non-hydrogen) atoms. The van der Waals surface area contributed by atoms with Gasteiger partial charge in [-0.1, -0.05) is 47.5 Å². The molecule has 0 spiro atoms. The van der Waals surface area contributed by atoms with E-state index >= 15 is 0 Å². The molecule has 0 heterocycles. The van der Waals surface area contributed by atoms with E-state index in [2.05, 4.69) is 5.32 Å². The van der Waals surface area contributed by atoms with Gasteiger partial charge in [-0.15, -0.1) is 0 Å². The first-order valence-corrected chi connectivity index (χ1v) is 7.18. The smallest absolute Gasteiger partial charge is 0.312 e. The molecule has 110 valence electrons. The van der Waals surface area contributed by atoms with Crippen LogP contribution in [0, 0.1) is 0 Å². The molecule has 0 saturated heterocycles. The Morgan fingerprint density at radius 3 is 2.33 bits per heavy atom. The maximum atomic E-state index is 11.7. The van der Waals surface area contributed by atoms with E-state index in [1.807, 2.05) is 24.3 Å². The van der Waals surface area contributed by atoms with E-state index in [1.165, 1.54) is 7.11 Å². The highest BCUT2D eigenvalue weighted by atomic mass is 35.5. The Morgan fingerprint density at radius 2 is 1.71 bits per heavy atom. The Hall–Kier alpha value is -1.71. The zero-order valence-corrected chi connectivity index (χ0v) is 13.2. The van der Waals surface area contributed by atoms with Gasteiger partial charge in [-0.3, -0.25) is 4.79 Å². The number of para-hydroxylation sites is 2. The molecule has 0 aromatic heterocycles. The number of hydrogen-bond acceptors (Lipinski definition) is 3. The van der Waals surface area contributed by atoms with E-state index in [1.54, 1.807) is 25.1 Å². The third-order valence-electron chi connectivity index (χ3n) is 3.20. The van der Waals surface area contributed by atoms with E-state index < -0.39 is 0 Å². The van der Waals surface area contributed by atoms with Crippen LogP contribution in [0.5, 0.6) is 0 Å². The van der Waals surface area contributed by atoms with Crippen LogP contribution in [0.4, 0.5) is 11.4 Å². The molecule has 1 unspecified atom stereocenters. The summed E-state index contributed by atoms with van der Waals surface area (Å²) in [4.78, 5) is 11.7. The summed E-state index contributed by atoms with van der Waals surface area (Å²) >= 11 is 12.3. The topological polar surface area (TPSA) is 38.3 Å². The minimum atomic E-state index is -0.389.